The maximum atomic E-state index is 9.61. The number of para-hydroxylation sites is 1. The lowest BCUT2D eigenvalue weighted by molar-refractivity contribution is 0.373. The number of anilines is 1. The Labute approximate surface area is 142 Å². The number of aromatic hydroxyl groups is 1. The number of nitrogens with one attached hydrogen (secondary N) is 1. The summed E-state index contributed by atoms with van der Waals surface area (Å²) in [6.07, 6.45) is 3.06. The number of aromatic nitrogens is 2. The van der Waals surface area contributed by atoms with Gasteiger partial charge in [-0.25, -0.2) is 9.97 Å². The lowest BCUT2D eigenvalue weighted by atomic mass is 10.2. The highest BCUT2D eigenvalue weighted by Gasteiger charge is 2.12. The Hall–Kier alpha value is -3.61. The SMILES string of the molecule is COc1cc(/C=N/Nc2ncnc3c2oc2ccccc23)ccc1O. The second kappa shape index (κ2) is 6.12. The van der Waals surface area contributed by atoms with Gasteiger partial charge in [0.1, 0.15) is 17.4 Å². The quantitative estimate of drug-likeness (QED) is 0.438. The molecule has 0 spiro atoms. The molecule has 2 aromatic heterocycles. The third kappa shape index (κ3) is 2.72. The number of hydrogen-bond donors (Lipinski definition) is 2. The molecule has 0 aliphatic rings. The molecule has 2 heterocycles. The van der Waals surface area contributed by atoms with Crippen LogP contribution in [0.25, 0.3) is 22.1 Å². The Kier molecular flexibility index (Phi) is 3.66. The summed E-state index contributed by atoms with van der Waals surface area (Å²) in [5, 5.41) is 14.7. The molecule has 0 unspecified atom stereocenters. The Balaban J connectivity index is 1.65. The van der Waals surface area contributed by atoms with E-state index in [0.29, 0.717) is 17.2 Å². The number of ether oxygens (including phenoxy) is 1. The van der Waals surface area contributed by atoms with E-state index in [1.165, 1.54) is 13.4 Å². The van der Waals surface area contributed by atoms with Gasteiger partial charge in [0.15, 0.2) is 22.9 Å². The van der Waals surface area contributed by atoms with E-state index in [9.17, 15) is 5.11 Å². The first-order chi connectivity index (χ1) is 12.3. The van der Waals surface area contributed by atoms with Crippen molar-refractivity contribution in [1.82, 2.24) is 9.97 Å². The average Bonchev–Trinajstić information content (AvgIpc) is 3.03. The van der Waals surface area contributed by atoms with Crippen LogP contribution >= 0.6 is 0 Å². The number of hydrogen-bond acceptors (Lipinski definition) is 7. The number of furan rings is 1. The van der Waals surface area contributed by atoms with Crippen LogP contribution in [0.1, 0.15) is 5.56 Å². The van der Waals surface area contributed by atoms with E-state index in [-0.39, 0.29) is 5.75 Å². The molecule has 124 valence electrons. The fourth-order valence-electron chi connectivity index (χ4n) is 2.55. The van der Waals surface area contributed by atoms with Crippen molar-refractivity contribution < 1.29 is 14.3 Å². The van der Waals surface area contributed by atoms with Gasteiger partial charge in [0, 0.05) is 5.39 Å². The fourth-order valence-corrected chi connectivity index (χ4v) is 2.55. The molecule has 0 aliphatic carbocycles. The van der Waals surface area contributed by atoms with E-state index in [4.69, 9.17) is 9.15 Å². The van der Waals surface area contributed by atoms with Crippen molar-refractivity contribution in [2.45, 2.75) is 0 Å². The Morgan fingerprint density at radius 2 is 2.08 bits per heavy atom. The first-order valence-electron chi connectivity index (χ1n) is 7.54. The van der Waals surface area contributed by atoms with Crippen LogP contribution in [0.5, 0.6) is 11.5 Å². The van der Waals surface area contributed by atoms with Crippen LogP contribution in [0.15, 0.2) is 58.3 Å². The summed E-state index contributed by atoms with van der Waals surface area (Å²) in [6, 6.07) is 12.6. The molecular formula is C18H14N4O3. The van der Waals surface area contributed by atoms with Gasteiger partial charge in [-0.05, 0) is 35.9 Å². The van der Waals surface area contributed by atoms with Gasteiger partial charge >= 0.3 is 0 Å². The number of phenols is 1. The molecule has 7 nitrogen and oxygen atoms in total. The van der Waals surface area contributed by atoms with Crippen molar-refractivity contribution in [2.24, 2.45) is 5.10 Å². The normalized spacial score (nSPS) is 11.4. The van der Waals surface area contributed by atoms with Crippen LogP contribution < -0.4 is 10.2 Å². The van der Waals surface area contributed by atoms with Gasteiger partial charge in [-0.3, -0.25) is 5.43 Å². The molecule has 0 bridgehead atoms. The number of nitrogens with zero attached hydrogens (tertiary/aromatic N) is 3. The number of phenolic OH excluding ortho intramolecular Hbond substituents is 1. The monoisotopic (exact) mass is 334 g/mol. The summed E-state index contributed by atoms with van der Waals surface area (Å²) < 4.78 is 10.9. The average molecular weight is 334 g/mol. The minimum atomic E-state index is 0.0763. The van der Waals surface area contributed by atoms with Crippen LogP contribution in [0, 0.1) is 0 Å². The zero-order valence-corrected chi connectivity index (χ0v) is 13.3. The van der Waals surface area contributed by atoms with Crippen molar-refractivity contribution >= 4 is 34.1 Å². The zero-order chi connectivity index (χ0) is 17.2. The van der Waals surface area contributed by atoms with Gasteiger partial charge in [0.2, 0.25) is 0 Å². The minimum absolute atomic E-state index is 0.0763. The smallest absolute Gasteiger partial charge is 0.197 e. The minimum Gasteiger partial charge on any atom is -0.504 e. The van der Waals surface area contributed by atoms with E-state index in [1.807, 2.05) is 24.3 Å². The van der Waals surface area contributed by atoms with Crippen molar-refractivity contribution in [3.63, 3.8) is 0 Å². The maximum Gasteiger partial charge on any atom is 0.197 e. The number of benzene rings is 2. The predicted octanol–water partition coefficient (Wildman–Crippen LogP) is 3.54. The van der Waals surface area contributed by atoms with Gasteiger partial charge in [-0.2, -0.15) is 5.10 Å². The molecule has 25 heavy (non-hydrogen) atoms. The van der Waals surface area contributed by atoms with Gasteiger partial charge < -0.3 is 14.3 Å². The highest BCUT2D eigenvalue weighted by molar-refractivity contribution is 6.05. The number of rotatable bonds is 4. The highest BCUT2D eigenvalue weighted by Crippen LogP contribution is 2.30. The summed E-state index contributed by atoms with van der Waals surface area (Å²) in [5.74, 6) is 0.932. The summed E-state index contributed by atoms with van der Waals surface area (Å²) in [6.45, 7) is 0. The Morgan fingerprint density at radius 3 is 2.96 bits per heavy atom. The van der Waals surface area contributed by atoms with Crippen LogP contribution in [-0.2, 0) is 0 Å². The molecule has 2 aromatic carbocycles. The molecule has 2 N–H and O–H groups in total. The lowest BCUT2D eigenvalue weighted by Gasteiger charge is -2.03. The first kappa shape index (κ1) is 14.9. The third-order valence-corrected chi connectivity index (χ3v) is 3.75. The van der Waals surface area contributed by atoms with Crippen LogP contribution in [0.2, 0.25) is 0 Å². The molecule has 7 heteroatoms. The molecule has 0 saturated heterocycles. The summed E-state index contributed by atoms with van der Waals surface area (Å²) in [5.41, 5.74) is 5.65. The van der Waals surface area contributed by atoms with E-state index in [1.54, 1.807) is 24.4 Å². The van der Waals surface area contributed by atoms with Gasteiger partial charge in [0.25, 0.3) is 0 Å². The Bertz CT molecular complexity index is 1090. The van der Waals surface area contributed by atoms with E-state index in [0.717, 1.165) is 22.0 Å². The number of hydrazone groups is 1. The summed E-state index contributed by atoms with van der Waals surface area (Å²) in [4.78, 5) is 8.47. The molecule has 4 rings (SSSR count). The van der Waals surface area contributed by atoms with Crippen LogP contribution in [0.4, 0.5) is 5.82 Å². The largest absolute Gasteiger partial charge is 0.504 e. The maximum absolute atomic E-state index is 9.61. The zero-order valence-electron chi connectivity index (χ0n) is 13.3. The van der Waals surface area contributed by atoms with Crippen molar-refractivity contribution in [1.29, 1.82) is 0 Å². The van der Waals surface area contributed by atoms with Crippen LogP contribution in [0.3, 0.4) is 0 Å². The van der Waals surface area contributed by atoms with E-state index >= 15 is 0 Å². The van der Waals surface area contributed by atoms with Gasteiger partial charge in [0.05, 0.1) is 13.3 Å². The molecule has 4 aromatic rings. The summed E-state index contributed by atoms with van der Waals surface area (Å²) >= 11 is 0. The van der Waals surface area contributed by atoms with Crippen molar-refractivity contribution in [3.8, 4) is 11.5 Å². The Morgan fingerprint density at radius 1 is 1.20 bits per heavy atom. The van der Waals surface area contributed by atoms with E-state index in [2.05, 4.69) is 20.5 Å². The second-order valence-electron chi connectivity index (χ2n) is 5.30. The van der Waals surface area contributed by atoms with Gasteiger partial charge in [-0.15, -0.1) is 0 Å². The molecule has 0 atom stereocenters. The summed E-state index contributed by atoms with van der Waals surface area (Å²) in [7, 11) is 1.49. The standard InChI is InChI=1S/C18H14N4O3/c1-24-15-8-11(6-7-13(15)23)9-21-22-18-17-16(19-10-20-18)12-4-2-3-5-14(12)25-17/h2-10,23H,1H3,(H,19,20,22)/b21-9+. The lowest BCUT2D eigenvalue weighted by Crippen LogP contribution is -1.95. The third-order valence-electron chi connectivity index (χ3n) is 3.75. The topological polar surface area (TPSA) is 92.8 Å². The molecule has 0 saturated carbocycles. The molecule has 0 radical (unpaired) electrons. The predicted molar refractivity (Wildman–Crippen MR) is 95.2 cm³/mol. The fraction of sp³-hybridized carbons (Fsp3) is 0.0556. The highest BCUT2D eigenvalue weighted by atomic mass is 16.5. The van der Waals surface area contributed by atoms with Gasteiger partial charge in [-0.1, -0.05) is 12.1 Å². The van der Waals surface area contributed by atoms with Crippen molar-refractivity contribution in [2.75, 3.05) is 12.5 Å². The molecule has 0 fully saturated rings. The first-order valence-corrected chi connectivity index (χ1v) is 7.54. The van der Waals surface area contributed by atoms with Crippen molar-refractivity contribution in [3.05, 3.63) is 54.4 Å². The molecule has 0 aliphatic heterocycles. The number of fused-ring (bicyclic) bond motifs is 3. The van der Waals surface area contributed by atoms with E-state index < -0.39 is 0 Å². The molecule has 0 amide bonds. The van der Waals surface area contributed by atoms with Crippen LogP contribution in [-0.4, -0.2) is 28.4 Å². The molecular weight excluding hydrogens is 320 g/mol. The number of methoxy groups -OCH3 is 1. The second-order valence-corrected chi connectivity index (χ2v) is 5.30.